The zero-order valence-electron chi connectivity index (χ0n) is 12.8. The Morgan fingerprint density at radius 1 is 1.05 bits per heavy atom. The molecule has 0 saturated heterocycles. The molecule has 2 aromatic carbocycles. The van der Waals surface area contributed by atoms with Gasteiger partial charge in [-0.25, -0.2) is 0 Å². The van der Waals surface area contributed by atoms with E-state index < -0.39 is 0 Å². The molecule has 2 rings (SSSR count). The molecule has 21 heavy (non-hydrogen) atoms. The van der Waals surface area contributed by atoms with E-state index in [0.29, 0.717) is 18.0 Å². The molecule has 2 aromatic rings. The van der Waals surface area contributed by atoms with Crippen molar-refractivity contribution in [2.75, 3.05) is 11.9 Å². The molecule has 0 saturated carbocycles. The number of amides is 1. The summed E-state index contributed by atoms with van der Waals surface area (Å²) in [6, 6.07) is 15.5. The second-order valence-electron chi connectivity index (χ2n) is 5.51. The molecule has 0 aliphatic carbocycles. The first kappa shape index (κ1) is 15.3. The van der Waals surface area contributed by atoms with E-state index in [4.69, 9.17) is 5.73 Å². The van der Waals surface area contributed by atoms with E-state index in [2.05, 4.69) is 26.0 Å². The Balaban J connectivity index is 2.17. The predicted octanol–water partition coefficient (Wildman–Crippen LogP) is 3.55. The molecule has 0 bridgehead atoms. The van der Waals surface area contributed by atoms with Crippen molar-refractivity contribution < 1.29 is 4.79 Å². The van der Waals surface area contributed by atoms with Crippen LogP contribution in [0.15, 0.2) is 48.5 Å². The van der Waals surface area contributed by atoms with Gasteiger partial charge in [0.25, 0.3) is 5.91 Å². The van der Waals surface area contributed by atoms with Crippen LogP contribution in [0.25, 0.3) is 0 Å². The van der Waals surface area contributed by atoms with E-state index >= 15 is 0 Å². The van der Waals surface area contributed by atoms with E-state index in [1.54, 1.807) is 11.9 Å². The molecule has 0 atom stereocenters. The summed E-state index contributed by atoms with van der Waals surface area (Å²) in [7, 11) is 1.80. The minimum atomic E-state index is -0.0177. The van der Waals surface area contributed by atoms with Crippen molar-refractivity contribution in [1.82, 2.24) is 0 Å². The average molecular weight is 282 g/mol. The van der Waals surface area contributed by atoms with Crippen LogP contribution in [0, 0.1) is 0 Å². The van der Waals surface area contributed by atoms with Crippen molar-refractivity contribution in [1.29, 1.82) is 0 Å². The summed E-state index contributed by atoms with van der Waals surface area (Å²) in [6.07, 6.45) is 0. The van der Waals surface area contributed by atoms with Crippen LogP contribution in [0.5, 0.6) is 0 Å². The number of carbonyl (C=O) groups is 1. The topological polar surface area (TPSA) is 46.3 Å². The Hall–Kier alpha value is -2.13. The second-order valence-corrected chi connectivity index (χ2v) is 5.51. The van der Waals surface area contributed by atoms with Crippen LogP contribution in [-0.2, 0) is 6.54 Å². The first-order valence-electron chi connectivity index (χ1n) is 7.20. The highest BCUT2D eigenvalue weighted by atomic mass is 16.2. The third-order valence-corrected chi connectivity index (χ3v) is 3.69. The van der Waals surface area contributed by atoms with Crippen molar-refractivity contribution in [3.05, 3.63) is 65.2 Å². The fourth-order valence-electron chi connectivity index (χ4n) is 2.18. The highest BCUT2D eigenvalue weighted by Crippen LogP contribution is 2.20. The molecule has 1 amide bonds. The lowest BCUT2D eigenvalue weighted by Crippen LogP contribution is -2.26. The number of carbonyl (C=O) groups excluding carboxylic acids is 1. The highest BCUT2D eigenvalue weighted by Gasteiger charge is 2.13. The van der Waals surface area contributed by atoms with Crippen LogP contribution in [0.3, 0.4) is 0 Å². The quantitative estimate of drug-likeness (QED) is 0.932. The zero-order chi connectivity index (χ0) is 15.4. The van der Waals surface area contributed by atoms with Crippen LogP contribution in [0.1, 0.15) is 41.3 Å². The van der Waals surface area contributed by atoms with Gasteiger partial charge in [0.05, 0.1) is 0 Å². The Labute approximate surface area is 126 Å². The molecule has 0 spiro atoms. The monoisotopic (exact) mass is 282 g/mol. The third-order valence-electron chi connectivity index (χ3n) is 3.69. The number of hydrogen-bond acceptors (Lipinski definition) is 2. The Kier molecular flexibility index (Phi) is 4.76. The van der Waals surface area contributed by atoms with E-state index in [1.165, 1.54) is 5.56 Å². The molecule has 0 aliphatic heterocycles. The maximum atomic E-state index is 12.5. The predicted molar refractivity (Wildman–Crippen MR) is 87.6 cm³/mol. The molecule has 3 nitrogen and oxygen atoms in total. The number of hydrogen-bond donors (Lipinski definition) is 1. The summed E-state index contributed by atoms with van der Waals surface area (Å²) in [5, 5.41) is 0. The van der Waals surface area contributed by atoms with E-state index in [1.807, 2.05) is 36.4 Å². The van der Waals surface area contributed by atoms with Crippen LogP contribution in [-0.4, -0.2) is 13.0 Å². The molecule has 0 aromatic heterocycles. The largest absolute Gasteiger partial charge is 0.326 e. The minimum Gasteiger partial charge on any atom is -0.326 e. The fourth-order valence-corrected chi connectivity index (χ4v) is 2.18. The molecule has 0 unspecified atom stereocenters. The minimum absolute atomic E-state index is 0.0177. The van der Waals surface area contributed by atoms with Crippen LogP contribution >= 0.6 is 0 Å². The van der Waals surface area contributed by atoms with Gasteiger partial charge in [-0.05, 0) is 41.3 Å². The van der Waals surface area contributed by atoms with Crippen molar-refractivity contribution in [2.24, 2.45) is 5.73 Å². The van der Waals surface area contributed by atoms with E-state index in [-0.39, 0.29) is 5.91 Å². The first-order chi connectivity index (χ1) is 10.0. The van der Waals surface area contributed by atoms with Crippen molar-refractivity contribution >= 4 is 11.6 Å². The average Bonchev–Trinajstić information content (AvgIpc) is 2.53. The smallest absolute Gasteiger partial charge is 0.258 e. The summed E-state index contributed by atoms with van der Waals surface area (Å²) in [6.45, 7) is 4.80. The lowest BCUT2D eigenvalue weighted by Gasteiger charge is -2.18. The number of anilines is 1. The number of rotatable bonds is 4. The van der Waals surface area contributed by atoms with Gasteiger partial charge in [0, 0.05) is 24.8 Å². The number of benzene rings is 2. The molecule has 110 valence electrons. The van der Waals surface area contributed by atoms with Crippen molar-refractivity contribution in [3.8, 4) is 0 Å². The van der Waals surface area contributed by atoms with Gasteiger partial charge in [-0.3, -0.25) is 4.79 Å². The molecule has 0 radical (unpaired) electrons. The zero-order valence-corrected chi connectivity index (χ0v) is 12.8. The molecule has 3 heteroatoms. The van der Waals surface area contributed by atoms with Crippen molar-refractivity contribution in [3.63, 3.8) is 0 Å². The third kappa shape index (κ3) is 3.50. The summed E-state index contributed by atoms with van der Waals surface area (Å²) < 4.78 is 0. The summed E-state index contributed by atoms with van der Waals surface area (Å²) in [5.74, 6) is 0.472. The van der Waals surface area contributed by atoms with Gasteiger partial charge in [0.1, 0.15) is 0 Å². The number of nitrogens with two attached hydrogens (primary N) is 1. The van der Waals surface area contributed by atoms with E-state index in [9.17, 15) is 4.79 Å². The van der Waals surface area contributed by atoms with Gasteiger partial charge < -0.3 is 10.6 Å². The van der Waals surface area contributed by atoms with Gasteiger partial charge >= 0.3 is 0 Å². The second kappa shape index (κ2) is 6.55. The summed E-state index contributed by atoms with van der Waals surface area (Å²) in [5.41, 5.74) is 9.43. The lowest BCUT2D eigenvalue weighted by atomic mass is 10.0. The maximum Gasteiger partial charge on any atom is 0.258 e. The van der Waals surface area contributed by atoms with Gasteiger partial charge in [0.2, 0.25) is 0 Å². The van der Waals surface area contributed by atoms with Crippen LogP contribution in [0.2, 0.25) is 0 Å². The SMILES string of the molecule is CC(C)c1ccc(N(C)C(=O)c2ccc(CN)cc2)cc1. The lowest BCUT2D eigenvalue weighted by molar-refractivity contribution is 0.0993. The maximum absolute atomic E-state index is 12.5. The van der Waals surface area contributed by atoms with Gasteiger partial charge in [-0.2, -0.15) is 0 Å². The molecule has 0 aliphatic rings. The molecule has 2 N–H and O–H groups in total. The molecule has 0 heterocycles. The first-order valence-corrected chi connectivity index (χ1v) is 7.20. The molecular formula is C18H22N2O. The standard InChI is InChI=1S/C18H22N2O/c1-13(2)15-8-10-17(11-9-15)20(3)18(21)16-6-4-14(12-19)5-7-16/h4-11,13H,12,19H2,1-3H3. The van der Waals surface area contributed by atoms with Gasteiger partial charge in [0.15, 0.2) is 0 Å². The van der Waals surface area contributed by atoms with Crippen LogP contribution < -0.4 is 10.6 Å². The summed E-state index contributed by atoms with van der Waals surface area (Å²) in [4.78, 5) is 14.1. The van der Waals surface area contributed by atoms with Crippen LogP contribution in [0.4, 0.5) is 5.69 Å². The van der Waals surface area contributed by atoms with Gasteiger partial charge in [-0.15, -0.1) is 0 Å². The Bertz CT molecular complexity index is 600. The Morgan fingerprint density at radius 3 is 2.10 bits per heavy atom. The summed E-state index contributed by atoms with van der Waals surface area (Å²) >= 11 is 0. The fraction of sp³-hybridized carbons (Fsp3) is 0.278. The molecule has 0 fully saturated rings. The van der Waals surface area contributed by atoms with Crippen molar-refractivity contribution in [2.45, 2.75) is 26.3 Å². The van der Waals surface area contributed by atoms with E-state index in [0.717, 1.165) is 11.3 Å². The van der Waals surface area contributed by atoms with Gasteiger partial charge in [-0.1, -0.05) is 38.1 Å². The Morgan fingerprint density at radius 2 is 1.62 bits per heavy atom. The highest BCUT2D eigenvalue weighted by molar-refractivity contribution is 6.05. The number of nitrogens with zero attached hydrogens (tertiary/aromatic N) is 1. The normalized spacial score (nSPS) is 10.7. The molecular weight excluding hydrogens is 260 g/mol.